The highest BCUT2D eigenvalue weighted by Gasteiger charge is 2.52. The number of aliphatic hydroxyl groups is 4. The number of carbonyl (C=O) groups is 2. The molecule has 11 atom stereocenters. The van der Waals surface area contributed by atoms with Gasteiger partial charge in [0.25, 0.3) is 0 Å². The topological polar surface area (TPSA) is 353 Å². The molecule has 2 aromatic rings. The van der Waals surface area contributed by atoms with Crippen LogP contribution in [0.25, 0.3) is 11.2 Å². The van der Waals surface area contributed by atoms with Crippen LogP contribution in [0.2, 0.25) is 0 Å². The van der Waals surface area contributed by atoms with E-state index in [4.69, 9.17) is 25.5 Å². The van der Waals surface area contributed by atoms with Gasteiger partial charge in [0.15, 0.2) is 35.8 Å². The van der Waals surface area contributed by atoms with E-state index in [0.717, 1.165) is 18.2 Å². The second-order valence-corrected chi connectivity index (χ2v) is 13.6. The molecule has 0 bridgehead atoms. The minimum atomic E-state index is -5.74. The number of hydrogen-bond donors (Lipinski definition) is 8. The molecule has 1 amide bonds. The van der Waals surface area contributed by atoms with Crippen molar-refractivity contribution in [1.29, 1.82) is 0 Å². The Hall–Kier alpha value is -3.29. The largest absolute Gasteiger partial charge is 0.510 e. The molecule has 10 N–H and O–H groups in total. The Morgan fingerprint density at radius 2 is 1.76 bits per heavy atom. The third-order valence-electron chi connectivity index (χ3n) is 7.36. The lowest BCUT2D eigenvalue weighted by Crippen LogP contribution is -2.43. The SMILES string of the molecule is CC(=O)C(OP(=O)(O)OP(=O)(O)OOOC[C@@H]1O[C@@H](n2cnc3c(N)ncnc32)[C@H](O)[C@@H]1O)[C@H]1O[C@@H](N2C=CCC(C(N)=O)=C2)[C@H](O)[C@@H]1O. The fourth-order valence-corrected chi connectivity index (χ4v) is 7.04. The average Bonchev–Trinajstić information content (AvgIpc) is 3.68. The molecule has 270 valence electrons. The van der Waals surface area contributed by atoms with Crippen molar-refractivity contribution in [3.05, 3.63) is 36.7 Å². The number of phosphoric acid groups is 2. The van der Waals surface area contributed by atoms with Crippen molar-refractivity contribution in [2.75, 3.05) is 12.3 Å². The van der Waals surface area contributed by atoms with Crippen molar-refractivity contribution >= 4 is 44.3 Å². The first-order valence-electron chi connectivity index (χ1n) is 13.9. The number of phosphoric ester groups is 1. The highest BCUT2D eigenvalue weighted by Crippen LogP contribution is 2.61. The maximum absolute atomic E-state index is 12.6. The van der Waals surface area contributed by atoms with Gasteiger partial charge in [0.05, 0.1) is 6.33 Å². The molecule has 3 aliphatic rings. The molecular formula is C23H31N7O17P2. The van der Waals surface area contributed by atoms with Crippen LogP contribution in [0, 0.1) is 0 Å². The Morgan fingerprint density at radius 3 is 2.45 bits per heavy atom. The number of aromatic nitrogens is 4. The average molecular weight is 739 g/mol. The Kier molecular flexibility index (Phi) is 11.0. The molecular weight excluding hydrogens is 708 g/mol. The summed E-state index contributed by atoms with van der Waals surface area (Å²) >= 11 is 0. The van der Waals surface area contributed by atoms with Crippen molar-refractivity contribution in [2.24, 2.45) is 5.73 Å². The van der Waals surface area contributed by atoms with Crippen LogP contribution in [-0.2, 0) is 51.6 Å². The van der Waals surface area contributed by atoms with Gasteiger partial charge < -0.3 is 56.1 Å². The molecule has 26 heteroatoms. The highest BCUT2D eigenvalue weighted by atomic mass is 31.3. The van der Waals surface area contributed by atoms with Crippen LogP contribution < -0.4 is 11.5 Å². The zero-order valence-corrected chi connectivity index (χ0v) is 26.7. The summed E-state index contributed by atoms with van der Waals surface area (Å²) in [4.78, 5) is 61.6. The number of amides is 1. The molecule has 5 heterocycles. The summed E-state index contributed by atoms with van der Waals surface area (Å²) in [5, 5.41) is 46.1. The van der Waals surface area contributed by atoms with E-state index < -0.39 is 89.1 Å². The number of ether oxygens (including phenoxy) is 2. The number of nitrogen functional groups attached to an aromatic ring is 1. The fourth-order valence-electron chi connectivity index (χ4n) is 5.06. The second kappa shape index (κ2) is 14.5. The summed E-state index contributed by atoms with van der Waals surface area (Å²) in [5.74, 6) is -1.76. The molecule has 2 aromatic heterocycles. The third kappa shape index (κ3) is 8.04. The molecule has 0 aliphatic carbocycles. The predicted molar refractivity (Wildman–Crippen MR) is 154 cm³/mol. The van der Waals surface area contributed by atoms with Gasteiger partial charge in [-0.05, 0) is 13.3 Å². The van der Waals surface area contributed by atoms with Crippen LogP contribution in [-0.4, -0.2) is 122 Å². The van der Waals surface area contributed by atoms with E-state index in [1.165, 1.54) is 29.4 Å². The fraction of sp³-hybridized carbons (Fsp3) is 0.522. The normalized spacial score (nSPS) is 31.7. The van der Waals surface area contributed by atoms with Crippen molar-refractivity contribution in [3.8, 4) is 0 Å². The summed E-state index contributed by atoms with van der Waals surface area (Å²) in [6.45, 7) is 0.110. The van der Waals surface area contributed by atoms with Gasteiger partial charge in [0.1, 0.15) is 55.1 Å². The van der Waals surface area contributed by atoms with E-state index in [1.54, 1.807) is 0 Å². The number of ketones is 1. The van der Waals surface area contributed by atoms with Crippen molar-refractivity contribution < 1.29 is 81.8 Å². The van der Waals surface area contributed by atoms with Gasteiger partial charge in [-0.25, -0.2) is 29.0 Å². The Labute approximate surface area is 274 Å². The van der Waals surface area contributed by atoms with Gasteiger partial charge >= 0.3 is 15.6 Å². The van der Waals surface area contributed by atoms with Crippen LogP contribution in [0.1, 0.15) is 19.6 Å². The van der Waals surface area contributed by atoms with Gasteiger partial charge in [-0.2, -0.15) is 4.31 Å². The molecule has 0 aromatic carbocycles. The smallest absolute Gasteiger partial charge is 0.387 e. The van der Waals surface area contributed by atoms with Gasteiger partial charge in [-0.1, -0.05) is 15.8 Å². The molecule has 5 rings (SSSR count). The van der Waals surface area contributed by atoms with Crippen molar-refractivity contribution in [1.82, 2.24) is 24.4 Å². The molecule has 24 nitrogen and oxygen atoms in total. The molecule has 3 aliphatic heterocycles. The predicted octanol–water partition coefficient (Wildman–Crippen LogP) is -2.87. The summed E-state index contributed by atoms with van der Waals surface area (Å²) in [6.07, 6.45) is -8.19. The standard InChI is InChI=1S/C23H31N7O17P2/c1-9(31)17(18-14(33)16(35)22(43-18)29-4-2-3-10(5-29)20(25)36)44-48(37,38)47-49(39,40)46-45-41-6-11-13(32)15(34)23(42-11)30-8-28-12-19(24)26-7-27-21(12)30/h2,4-5,7-8,11,13-18,22-23,32-35H,3,6H2,1H3,(H2,25,36)(H,37,38)(H,39,40)(H2,24,26,27)/t11-,13+,14-,15+,16+,17?,18-,22+,23+/m0/s1. The molecule has 0 radical (unpaired) electrons. The van der Waals surface area contributed by atoms with Crippen LogP contribution in [0.5, 0.6) is 0 Å². The number of nitrogens with two attached hydrogens (primary N) is 2. The number of rotatable bonds is 14. The monoisotopic (exact) mass is 739 g/mol. The van der Waals surface area contributed by atoms with Gasteiger partial charge in [0.2, 0.25) is 5.91 Å². The van der Waals surface area contributed by atoms with Crippen LogP contribution >= 0.6 is 15.6 Å². The molecule has 2 saturated heterocycles. The minimum absolute atomic E-state index is 0.0500. The lowest BCUT2D eigenvalue weighted by molar-refractivity contribution is -0.476. The first-order valence-corrected chi connectivity index (χ1v) is 16.9. The first-order chi connectivity index (χ1) is 23.0. The number of hydrogen-bond acceptors (Lipinski definition) is 20. The lowest BCUT2D eigenvalue weighted by atomic mass is 10.0. The maximum atomic E-state index is 12.6. The second-order valence-electron chi connectivity index (χ2n) is 10.7. The molecule has 2 fully saturated rings. The highest BCUT2D eigenvalue weighted by molar-refractivity contribution is 7.61. The van der Waals surface area contributed by atoms with Crippen LogP contribution in [0.4, 0.5) is 5.82 Å². The van der Waals surface area contributed by atoms with Gasteiger partial charge in [-0.3, -0.25) is 18.7 Å². The van der Waals surface area contributed by atoms with Crippen LogP contribution in [0.15, 0.2) is 36.7 Å². The van der Waals surface area contributed by atoms with E-state index in [0.29, 0.717) is 0 Å². The van der Waals surface area contributed by atoms with Crippen molar-refractivity contribution in [2.45, 2.75) is 68.5 Å². The number of imidazole rings is 1. The molecule has 0 saturated carbocycles. The number of allylic oxidation sites excluding steroid dienone is 1. The molecule has 0 spiro atoms. The van der Waals surface area contributed by atoms with E-state index in [1.807, 2.05) is 0 Å². The number of nitrogens with zero attached hydrogens (tertiary/aromatic N) is 5. The van der Waals surface area contributed by atoms with Crippen molar-refractivity contribution in [3.63, 3.8) is 0 Å². The van der Waals surface area contributed by atoms with E-state index in [-0.39, 0.29) is 29.0 Å². The quantitative estimate of drug-likeness (QED) is 0.0418. The maximum Gasteiger partial charge on any atom is 0.510 e. The lowest BCUT2D eigenvalue weighted by Gasteiger charge is -2.29. The summed E-state index contributed by atoms with van der Waals surface area (Å²) in [5.41, 5.74) is 11.5. The van der Waals surface area contributed by atoms with Gasteiger partial charge in [0, 0.05) is 18.0 Å². The first kappa shape index (κ1) is 37.0. The third-order valence-corrected chi connectivity index (χ3v) is 9.76. The number of aliphatic hydroxyl groups excluding tert-OH is 4. The number of fused-ring (bicyclic) bond motifs is 1. The number of anilines is 1. The Morgan fingerprint density at radius 1 is 1.04 bits per heavy atom. The van der Waals surface area contributed by atoms with Crippen LogP contribution in [0.3, 0.4) is 0 Å². The summed E-state index contributed by atoms with van der Waals surface area (Å²) in [6, 6.07) is 0. The molecule has 49 heavy (non-hydrogen) atoms. The van der Waals surface area contributed by atoms with E-state index >= 15 is 0 Å². The minimum Gasteiger partial charge on any atom is -0.387 e. The zero-order chi connectivity index (χ0) is 35.8. The zero-order valence-electron chi connectivity index (χ0n) is 25.0. The summed E-state index contributed by atoms with van der Waals surface area (Å²) < 4.78 is 50.2. The van der Waals surface area contributed by atoms with Gasteiger partial charge in [-0.15, -0.1) is 0 Å². The number of Topliss-reactive ketones (excluding diaryl/α,β-unsaturated/α-hetero) is 1. The number of primary amides is 1. The Balaban J connectivity index is 1.14. The number of carbonyl (C=O) groups excluding carboxylic acids is 2. The van der Waals surface area contributed by atoms with E-state index in [2.05, 4.69) is 33.9 Å². The molecule has 3 unspecified atom stereocenters. The van der Waals surface area contributed by atoms with E-state index in [9.17, 15) is 48.9 Å². The Bertz CT molecular complexity index is 1730. The summed E-state index contributed by atoms with van der Waals surface area (Å²) in [7, 11) is -11.4.